The van der Waals surface area contributed by atoms with Crippen LogP contribution >= 0.6 is 0 Å². The minimum Gasteiger partial charge on any atom is -0.507 e. The van der Waals surface area contributed by atoms with Gasteiger partial charge in [0.05, 0.1) is 31.3 Å². The first kappa shape index (κ1) is 32.2. The number of benzene rings is 3. The van der Waals surface area contributed by atoms with Crippen LogP contribution in [0.5, 0.6) is 23.0 Å². The second kappa shape index (κ2) is 15.7. The molecule has 0 heterocycles. The third-order valence-corrected chi connectivity index (χ3v) is 6.89. The van der Waals surface area contributed by atoms with Crippen molar-refractivity contribution < 1.29 is 38.4 Å². The van der Waals surface area contributed by atoms with Gasteiger partial charge in [0.25, 0.3) is 0 Å². The number of aliphatic carboxylic acids is 1. The molecule has 8 nitrogen and oxygen atoms in total. The SMILES string of the molecule is CCc1cc(-c2ccc(F)cc2)c(O)cc1OCCCOc1cccc(OCCCCC(=O)N(C)C)c1C(C)C(=O)O. The lowest BCUT2D eigenvalue weighted by Crippen LogP contribution is -2.21. The van der Waals surface area contributed by atoms with Crippen LogP contribution in [0.4, 0.5) is 4.39 Å². The number of aryl methyl sites for hydroxylation is 1. The molecule has 1 atom stereocenters. The molecule has 3 rings (SSSR count). The van der Waals surface area contributed by atoms with Gasteiger partial charge in [-0.1, -0.05) is 25.1 Å². The molecule has 1 unspecified atom stereocenters. The molecule has 42 heavy (non-hydrogen) atoms. The zero-order valence-corrected chi connectivity index (χ0v) is 24.7. The number of carbonyl (C=O) groups is 2. The van der Waals surface area contributed by atoms with Crippen LogP contribution in [0.25, 0.3) is 11.1 Å². The predicted octanol–water partition coefficient (Wildman–Crippen LogP) is 6.43. The molecule has 9 heteroatoms. The summed E-state index contributed by atoms with van der Waals surface area (Å²) in [6.45, 7) is 4.51. The van der Waals surface area contributed by atoms with E-state index in [0.717, 1.165) is 5.56 Å². The van der Waals surface area contributed by atoms with Crippen LogP contribution in [-0.4, -0.2) is 60.9 Å². The van der Waals surface area contributed by atoms with Crippen molar-refractivity contribution in [3.8, 4) is 34.1 Å². The van der Waals surface area contributed by atoms with E-state index < -0.39 is 11.9 Å². The first-order valence-electron chi connectivity index (χ1n) is 14.2. The molecule has 0 aromatic heterocycles. The van der Waals surface area contributed by atoms with Crippen LogP contribution in [-0.2, 0) is 16.0 Å². The van der Waals surface area contributed by atoms with E-state index in [1.165, 1.54) is 12.1 Å². The van der Waals surface area contributed by atoms with E-state index in [9.17, 15) is 24.2 Å². The number of carbonyl (C=O) groups excluding carboxylic acids is 1. The van der Waals surface area contributed by atoms with Gasteiger partial charge in [-0.3, -0.25) is 9.59 Å². The molecule has 226 valence electrons. The standard InChI is InChI=1S/C33H40FNO7/c1-5-23-20-26(24-13-15-25(34)16-14-24)27(36)21-30(23)42-19-9-18-41-29-11-8-10-28(32(29)22(2)33(38)39)40-17-7-6-12-31(37)35(3)4/h8,10-11,13-16,20-22,36H,5-7,9,12,17-19H2,1-4H3,(H,38,39). The van der Waals surface area contributed by atoms with Gasteiger partial charge in [-0.05, 0) is 67.6 Å². The van der Waals surface area contributed by atoms with Crippen molar-refractivity contribution in [3.63, 3.8) is 0 Å². The normalized spacial score (nSPS) is 11.5. The number of unbranched alkanes of at least 4 members (excludes halogenated alkanes) is 1. The number of amides is 1. The van der Waals surface area contributed by atoms with E-state index in [-0.39, 0.29) is 24.1 Å². The number of rotatable bonds is 16. The summed E-state index contributed by atoms with van der Waals surface area (Å²) < 4.78 is 31.2. The first-order valence-corrected chi connectivity index (χ1v) is 14.2. The number of carboxylic acids is 1. The van der Waals surface area contributed by atoms with Crippen LogP contribution in [0.2, 0.25) is 0 Å². The van der Waals surface area contributed by atoms with Gasteiger partial charge in [-0.25, -0.2) is 4.39 Å². The van der Waals surface area contributed by atoms with E-state index in [1.807, 2.05) is 13.0 Å². The van der Waals surface area contributed by atoms with Crippen LogP contribution in [0.1, 0.15) is 56.6 Å². The van der Waals surface area contributed by atoms with Gasteiger partial charge in [0.15, 0.2) is 0 Å². The molecular formula is C33H40FNO7. The molecule has 3 aromatic carbocycles. The van der Waals surface area contributed by atoms with Crippen molar-refractivity contribution in [3.05, 3.63) is 71.5 Å². The van der Waals surface area contributed by atoms with Gasteiger partial charge in [-0.15, -0.1) is 0 Å². The van der Waals surface area contributed by atoms with Crippen molar-refractivity contribution in [1.82, 2.24) is 4.90 Å². The monoisotopic (exact) mass is 581 g/mol. The average Bonchev–Trinajstić information content (AvgIpc) is 2.97. The molecule has 0 aliphatic carbocycles. The Hall–Kier alpha value is -4.27. The fourth-order valence-electron chi connectivity index (χ4n) is 4.42. The summed E-state index contributed by atoms with van der Waals surface area (Å²) in [5.74, 6) is -0.654. The summed E-state index contributed by atoms with van der Waals surface area (Å²) in [4.78, 5) is 25.2. The third-order valence-electron chi connectivity index (χ3n) is 6.89. The number of phenols is 1. The van der Waals surface area contributed by atoms with Crippen molar-refractivity contribution in [1.29, 1.82) is 0 Å². The number of carboxylic acid groups (broad SMARTS) is 1. The average molecular weight is 582 g/mol. The molecule has 0 spiro atoms. The van der Waals surface area contributed by atoms with Crippen molar-refractivity contribution in [2.45, 2.75) is 51.9 Å². The second-order valence-electron chi connectivity index (χ2n) is 10.2. The Kier molecular flexibility index (Phi) is 12.0. The Morgan fingerprint density at radius 1 is 0.881 bits per heavy atom. The quantitative estimate of drug-likeness (QED) is 0.188. The van der Waals surface area contributed by atoms with Crippen LogP contribution < -0.4 is 14.2 Å². The summed E-state index contributed by atoms with van der Waals surface area (Å²) in [5.41, 5.74) is 2.68. The molecule has 0 aliphatic rings. The Balaban J connectivity index is 1.59. The molecular weight excluding hydrogens is 541 g/mol. The van der Waals surface area contributed by atoms with Crippen molar-refractivity contribution in [2.75, 3.05) is 33.9 Å². The summed E-state index contributed by atoms with van der Waals surface area (Å²) in [6.07, 6.45) is 2.94. The minimum absolute atomic E-state index is 0.0403. The summed E-state index contributed by atoms with van der Waals surface area (Å²) in [5, 5.41) is 20.3. The van der Waals surface area contributed by atoms with Crippen LogP contribution in [0.15, 0.2) is 54.6 Å². The van der Waals surface area contributed by atoms with E-state index in [2.05, 4.69) is 0 Å². The number of halogens is 1. The van der Waals surface area contributed by atoms with Gasteiger partial charge in [0, 0.05) is 38.6 Å². The highest BCUT2D eigenvalue weighted by atomic mass is 19.1. The fourth-order valence-corrected chi connectivity index (χ4v) is 4.42. The zero-order chi connectivity index (χ0) is 30.6. The Morgan fingerprint density at radius 3 is 2.05 bits per heavy atom. The number of ether oxygens (including phenoxy) is 3. The maximum absolute atomic E-state index is 13.3. The van der Waals surface area contributed by atoms with Gasteiger partial charge < -0.3 is 29.3 Å². The van der Waals surface area contributed by atoms with Crippen molar-refractivity contribution >= 4 is 11.9 Å². The maximum Gasteiger partial charge on any atom is 0.310 e. The molecule has 0 saturated heterocycles. The number of aromatic hydroxyl groups is 1. The zero-order valence-electron chi connectivity index (χ0n) is 24.7. The third kappa shape index (κ3) is 8.86. The summed E-state index contributed by atoms with van der Waals surface area (Å²) in [6, 6.07) is 14.6. The first-order chi connectivity index (χ1) is 20.1. The number of phenolic OH excluding ortho intramolecular Hbond substituents is 1. The highest BCUT2D eigenvalue weighted by Crippen LogP contribution is 2.37. The molecule has 0 aliphatic heterocycles. The molecule has 3 aromatic rings. The largest absolute Gasteiger partial charge is 0.507 e. The molecule has 0 radical (unpaired) electrons. The Labute approximate surface area is 246 Å². The Morgan fingerprint density at radius 2 is 1.48 bits per heavy atom. The lowest BCUT2D eigenvalue weighted by atomic mass is 9.99. The molecule has 0 saturated carbocycles. The lowest BCUT2D eigenvalue weighted by Gasteiger charge is -2.19. The van der Waals surface area contributed by atoms with E-state index in [0.29, 0.717) is 79.3 Å². The molecule has 0 bridgehead atoms. The maximum atomic E-state index is 13.3. The van der Waals surface area contributed by atoms with Gasteiger partial charge in [-0.2, -0.15) is 0 Å². The number of hydrogen-bond acceptors (Lipinski definition) is 6. The minimum atomic E-state index is -0.994. The topological polar surface area (TPSA) is 106 Å². The number of nitrogens with zero attached hydrogens (tertiary/aromatic N) is 1. The van der Waals surface area contributed by atoms with E-state index in [4.69, 9.17) is 14.2 Å². The molecule has 0 fully saturated rings. The summed E-state index contributed by atoms with van der Waals surface area (Å²) >= 11 is 0. The molecule has 2 N–H and O–H groups in total. The van der Waals surface area contributed by atoms with Crippen LogP contribution in [0.3, 0.4) is 0 Å². The fraction of sp³-hybridized carbons (Fsp3) is 0.394. The second-order valence-corrected chi connectivity index (χ2v) is 10.2. The van der Waals surface area contributed by atoms with E-state index >= 15 is 0 Å². The molecule has 1 amide bonds. The Bertz CT molecular complexity index is 1340. The van der Waals surface area contributed by atoms with Crippen molar-refractivity contribution in [2.24, 2.45) is 0 Å². The smallest absolute Gasteiger partial charge is 0.310 e. The van der Waals surface area contributed by atoms with Gasteiger partial charge in [0.2, 0.25) is 5.91 Å². The lowest BCUT2D eigenvalue weighted by molar-refractivity contribution is -0.138. The number of hydrogen-bond donors (Lipinski definition) is 2. The highest BCUT2D eigenvalue weighted by Gasteiger charge is 2.23. The predicted molar refractivity (Wildman–Crippen MR) is 159 cm³/mol. The van der Waals surface area contributed by atoms with Gasteiger partial charge >= 0.3 is 5.97 Å². The van der Waals surface area contributed by atoms with Gasteiger partial charge in [0.1, 0.15) is 28.8 Å². The highest BCUT2D eigenvalue weighted by molar-refractivity contribution is 5.78. The van der Waals surface area contributed by atoms with E-state index in [1.54, 1.807) is 62.3 Å². The van der Waals surface area contributed by atoms with Crippen LogP contribution in [0, 0.1) is 5.82 Å². The summed E-state index contributed by atoms with van der Waals surface area (Å²) in [7, 11) is 3.44.